The van der Waals surface area contributed by atoms with Gasteiger partial charge in [-0.1, -0.05) is 12.1 Å². The largest absolute Gasteiger partial charge is 0.497 e. The molecule has 0 aliphatic carbocycles. The Balaban J connectivity index is 2.09. The maximum atomic E-state index is 11.1. The highest BCUT2D eigenvalue weighted by atomic mass is 16.6. The van der Waals surface area contributed by atoms with Crippen LogP contribution in [0.5, 0.6) is 5.75 Å². The topological polar surface area (TPSA) is 105 Å². The van der Waals surface area contributed by atoms with Crippen molar-refractivity contribution in [3.8, 4) is 11.8 Å². The number of allylic oxidation sites excluding steroid dienone is 1. The third-order valence-corrected chi connectivity index (χ3v) is 3.50. The molecule has 0 bridgehead atoms. The van der Waals surface area contributed by atoms with E-state index in [-0.39, 0.29) is 11.3 Å². The summed E-state index contributed by atoms with van der Waals surface area (Å²) in [7, 11) is 1.56. The van der Waals surface area contributed by atoms with E-state index in [9.17, 15) is 15.4 Å². The zero-order valence-electron chi connectivity index (χ0n) is 12.7. The van der Waals surface area contributed by atoms with Crippen LogP contribution in [0.1, 0.15) is 11.4 Å². The SMILES string of the molecule is COc1ccc2nc(/C(C#N)=C\c3ccccc3[N+](=O)[O-])[nH]c2c1. The fraction of sp³-hybridized carbons (Fsp3) is 0.0588. The molecule has 0 saturated heterocycles. The normalized spacial score (nSPS) is 11.2. The Labute approximate surface area is 137 Å². The van der Waals surface area contributed by atoms with Crippen LogP contribution in [0, 0.1) is 21.4 Å². The van der Waals surface area contributed by atoms with E-state index in [0.717, 1.165) is 0 Å². The number of H-pyrrole nitrogens is 1. The summed E-state index contributed by atoms with van der Waals surface area (Å²) in [6.07, 6.45) is 1.45. The number of rotatable bonds is 4. The molecule has 0 saturated carbocycles. The number of fused-ring (bicyclic) bond motifs is 1. The summed E-state index contributed by atoms with van der Waals surface area (Å²) in [6.45, 7) is 0. The first-order chi connectivity index (χ1) is 11.6. The zero-order valence-corrected chi connectivity index (χ0v) is 12.7. The Hall–Kier alpha value is -3.66. The number of benzene rings is 2. The summed E-state index contributed by atoms with van der Waals surface area (Å²) in [5.74, 6) is 1.01. The number of nitro benzene ring substituents is 1. The first kappa shape index (κ1) is 15.2. The van der Waals surface area contributed by atoms with Crippen LogP contribution in [0.3, 0.4) is 0 Å². The molecule has 1 heterocycles. The van der Waals surface area contributed by atoms with Crippen LogP contribution in [0.2, 0.25) is 0 Å². The third-order valence-electron chi connectivity index (χ3n) is 3.50. The lowest BCUT2D eigenvalue weighted by molar-refractivity contribution is -0.385. The van der Waals surface area contributed by atoms with Crippen LogP contribution >= 0.6 is 0 Å². The molecule has 0 amide bonds. The molecule has 0 aliphatic rings. The number of ether oxygens (including phenoxy) is 1. The van der Waals surface area contributed by atoms with Crippen molar-refractivity contribution in [1.29, 1.82) is 5.26 Å². The monoisotopic (exact) mass is 320 g/mol. The molecule has 0 spiro atoms. The van der Waals surface area contributed by atoms with E-state index in [4.69, 9.17) is 4.74 Å². The number of nitrogens with one attached hydrogen (secondary N) is 1. The lowest BCUT2D eigenvalue weighted by Gasteiger charge is -1.98. The Morgan fingerprint density at radius 1 is 1.38 bits per heavy atom. The number of hydrogen-bond acceptors (Lipinski definition) is 5. The number of nitro groups is 1. The Kier molecular flexibility index (Phi) is 3.95. The van der Waals surface area contributed by atoms with Gasteiger partial charge in [-0.25, -0.2) is 4.98 Å². The van der Waals surface area contributed by atoms with Gasteiger partial charge in [0.25, 0.3) is 5.69 Å². The van der Waals surface area contributed by atoms with E-state index in [1.165, 1.54) is 12.1 Å². The van der Waals surface area contributed by atoms with Crippen molar-refractivity contribution in [3.05, 3.63) is 64.0 Å². The highest BCUT2D eigenvalue weighted by Gasteiger charge is 2.14. The van der Waals surface area contributed by atoms with Crippen molar-refractivity contribution in [2.75, 3.05) is 7.11 Å². The maximum absolute atomic E-state index is 11.1. The van der Waals surface area contributed by atoms with Gasteiger partial charge in [-0.05, 0) is 24.3 Å². The summed E-state index contributed by atoms with van der Waals surface area (Å²) in [6, 6.07) is 13.6. The summed E-state index contributed by atoms with van der Waals surface area (Å²) < 4.78 is 5.15. The van der Waals surface area contributed by atoms with Crippen molar-refractivity contribution in [2.45, 2.75) is 0 Å². The van der Waals surface area contributed by atoms with Gasteiger partial charge in [-0.2, -0.15) is 5.26 Å². The zero-order chi connectivity index (χ0) is 17.1. The Morgan fingerprint density at radius 2 is 2.17 bits per heavy atom. The molecule has 0 fully saturated rings. The minimum atomic E-state index is -0.482. The van der Waals surface area contributed by atoms with Crippen LogP contribution in [-0.4, -0.2) is 22.0 Å². The molecule has 1 aromatic heterocycles. The molecule has 3 rings (SSSR count). The van der Waals surface area contributed by atoms with Crippen LogP contribution in [0.25, 0.3) is 22.7 Å². The molecule has 7 heteroatoms. The number of hydrogen-bond donors (Lipinski definition) is 1. The lowest BCUT2D eigenvalue weighted by Crippen LogP contribution is -1.92. The van der Waals surface area contributed by atoms with Crippen molar-refractivity contribution in [1.82, 2.24) is 9.97 Å². The van der Waals surface area contributed by atoms with Crippen LogP contribution in [-0.2, 0) is 0 Å². The molecule has 118 valence electrons. The lowest BCUT2D eigenvalue weighted by atomic mass is 10.1. The molecule has 3 aromatic rings. The number of aromatic amines is 1. The fourth-order valence-electron chi connectivity index (χ4n) is 2.33. The molecule has 0 radical (unpaired) electrons. The molecule has 1 N–H and O–H groups in total. The van der Waals surface area contributed by atoms with Gasteiger partial charge >= 0.3 is 0 Å². The average molecular weight is 320 g/mol. The van der Waals surface area contributed by atoms with Gasteiger partial charge in [-0.15, -0.1) is 0 Å². The van der Waals surface area contributed by atoms with Crippen LogP contribution < -0.4 is 4.74 Å². The quantitative estimate of drug-likeness (QED) is 0.449. The number of aromatic nitrogens is 2. The second-order valence-corrected chi connectivity index (χ2v) is 4.95. The van der Waals surface area contributed by atoms with Crippen molar-refractivity contribution < 1.29 is 9.66 Å². The van der Waals surface area contributed by atoms with E-state index in [2.05, 4.69) is 9.97 Å². The van der Waals surface area contributed by atoms with Gasteiger partial charge in [0, 0.05) is 12.1 Å². The van der Waals surface area contributed by atoms with Crippen molar-refractivity contribution in [3.63, 3.8) is 0 Å². The summed E-state index contributed by atoms with van der Waals surface area (Å²) in [5.41, 5.74) is 1.88. The maximum Gasteiger partial charge on any atom is 0.276 e. The molecular weight excluding hydrogens is 308 g/mol. The van der Waals surface area contributed by atoms with Gasteiger partial charge in [0.05, 0.1) is 34.2 Å². The standard InChI is InChI=1S/C17H12N4O3/c1-24-13-6-7-14-15(9-13)20-17(19-14)12(10-18)8-11-4-2-3-5-16(11)21(22)23/h2-9H,1H3,(H,19,20)/b12-8-. The Bertz CT molecular complexity index is 998. The summed E-state index contributed by atoms with van der Waals surface area (Å²) >= 11 is 0. The molecule has 0 unspecified atom stereocenters. The van der Waals surface area contributed by atoms with E-state index in [0.29, 0.717) is 28.2 Å². The van der Waals surface area contributed by atoms with Crippen LogP contribution in [0.15, 0.2) is 42.5 Å². The second-order valence-electron chi connectivity index (χ2n) is 4.95. The van der Waals surface area contributed by atoms with Gasteiger partial charge in [0.1, 0.15) is 17.6 Å². The predicted molar refractivity (Wildman–Crippen MR) is 89.2 cm³/mol. The molecule has 0 aliphatic heterocycles. The minimum Gasteiger partial charge on any atom is -0.497 e. The van der Waals surface area contributed by atoms with E-state index in [1.807, 2.05) is 6.07 Å². The van der Waals surface area contributed by atoms with Crippen molar-refractivity contribution in [2.24, 2.45) is 0 Å². The number of imidazole rings is 1. The summed E-state index contributed by atoms with van der Waals surface area (Å²) in [4.78, 5) is 18.0. The van der Waals surface area contributed by atoms with Gasteiger partial charge in [0.2, 0.25) is 0 Å². The van der Waals surface area contributed by atoms with Crippen molar-refractivity contribution >= 4 is 28.4 Å². The Morgan fingerprint density at radius 3 is 2.88 bits per heavy atom. The van der Waals surface area contributed by atoms with E-state index >= 15 is 0 Å². The molecule has 2 aromatic carbocycles. The summed E-state index contributed by atoms with van der Waals surface area (Å²) in [5, 5.41) is 20.5. The van der Waals surface area contributed by atoms with E-state index < -0.39 is 4.92 Å². The predicted octanol–water partition coefficient (Wildman–Crippen LogP) is 3.54. The molecule has 0 atom stereocenters. The number of nitrogens with zero attached hydrogens (tertiary/aromatic N) is 3. The molecular formula is C17H12N4O3. The number of nitriles is 1. The first-order valence-electron chi connectivity index (χ1n) is 7.01. The first-order valence-corrected chi connectivity index (χ1v) is 7.01. The third kappa shape index (κ3) is 2.80. The van der Waals surface area contributed by atoms with Gasteiger partial charge in [-0.3, -0.25) is 10.1 Å². The highest BCUT2D eigenvalue weighted by molar-refractivity contribution is 5.91. The van der Waals surface area contributed by atoms with E-state index in [1.54, 1.807) is 43.5 Å². The highest BCUT2D eigenvalue weighted by Crippen LogP contribution is 2.25. The average Bonchev–Trinajstić information content (AvgIpc) is 3.02. The van der Waals surface area contributed by atoms with Gasteiger partial charge < -0.3 is 9.72 Å². The number of methoxy groups -OCH3 is 1. The second kappa shape index (κ2) is 6.22. The fourth-order valence-corrected chi connectivity index (χ4v) is 2.33. The molecule has 7 nitrogen and oxygen atoms in total. The molecule has 24 heavy (non-hydrogen) atoms. The van der Waals surface area contributed by atoms with Crippen LogP contribution in [0.4, 0.5) is 5.69 Å². The number of para-hydroxylation sites is 1. The minimum absolute atomic E-state index is 0.0666. The smallest absolute Gasteiger partial charge is 0.276 e. The van der Waals surface area contributed by atoms with Gasteiger partial charge in [0.15, 0.2) is 0 Å².